The van der Waals surface area contributed by atoms with Gasteiger partial charge in [0, 0.05) is 51.4 Å². The number of rotatable bonds is 8. The fraction of sp³-hybridized carbons (Fsp3) is 0.650. The van der Waals surface area contributed by atoms with Crippen LogP contribution in [0.3, 0.4) is 0 Å². The molecule has 2 aromatic heterocycles. The van der Waals surface area contributed by atoms with Crippen LogP contribution in [-0.2, 0) is 23.3 Å². The predicted molar refractivity (Wildman–Crippen MR) is 106 cm³/mol. The number of pyridine rings is 1. The highest BCUT2D eigenvalue weighted by Gasteiger charge is 2.42. The number of likely N-dealkylation sites (tertiary alicyclic amines) is 1. The van der Waals surface area contributed by atoms with Crippen molar-refractivity contribution in [1.82, 2.24) is 35.4 Å². The van der Waals surface area contributed by atoms with Crippen molar-refractivity contribution in [2.75, 3.05) is 19.6 Å². The standard InChI is InChI=1S/C20H31N7O/c1-16(2)9-14-27-19(23-24-25-27)20(10-6-13-26(15-20)17(3)28)22-12-8-18-7-4-5-11-21-18/h4-5,7,11,16,22H,6,8-10,12-15H2,1-3H3. The van der Waals surface area contributed by atoms with E-state index in [0.717, 1.165) is 56.8 Å². The minimum atomic E-state index is -0.431. The summed E-state index contributed by atoms with van der Waals surface area (Å²) in [6.45, 7) is 8.93. The van der Waals surface area contributed by atoms with Crippen LogP contribution in [0.5, 0.6) is 0 Å². The fourth-order valence-corrected chi connectivity index (χ4v) is 3.78. The number of piperidine rings is 1. The van der Waals surface area contributed by atoms with E-state index in [9.17, 15) is 4.79 Å². The molecule has 1 aliphatic rings. The van der Waals surface area contributed by atoms with Gasteiger partial charge in [0.15, 0.2) is 5.82 Å². The van der Waals surface area contributed by atoms with Gasteiger partial charge in [-0.25, -0.2) is 4.68 Å². The molecule has 2 aromatic rings. The number of aromatic nitrogens is 5. The first-order valence-electron chi connectivity index (χ1n) is 10.2. The van der Waals surface area contributed by atoms with Gasteiger partial charge in [0.2, 0.25) is 5.91 Å². The van der Waals surface area contributed by atoms with E-state index < -0.39 is 5.54 Å². The van der Waals surface area contributed by atoms with Crippen molar-refractivity contribution in [1.29, 1.82) is 0 Å². The number of hydrogen-bond donors (Lipinski definition) is 1. The molecule has 3 heterocycles. The maximum atomic E-state index is 12.1. The summed E-state index contributed by atoms with van der Waals surface area (Å²) in [5.74, 6) is 1.50. The normalized spacial score (nSPS) is 19.9. The van der Waals surface area contributed by atoms with Gasteiger partial charge in [-0.05, 0) is 47.7 Å². The second-order valence-corrected chi connectivity index (χ2v) is 8.03. The Morgan fingerprint density at radius 1 is 1.36 bits per heavy atom. The molecule has 1 unspecified atom stereocenters. The zero-order valence-corrected chi connectivity index (χ0v) is 17.1. The molecule has 1 aliphatic heterocycles. The van der Waals surface area contributed by atoms with Gasteiger partial charge in [0.05, 0.1) is 5.54 Å². The third kappa shape index (κ3) is 4.92. The molecule has 1 saturated heterocycles. The minimum Gasteiger partial charge on any atom is -0.341 e. The van der Waals surface area contributed by atoms with Crippen molar-refractivity contribution < 1.29 is 4.79 Å². The van der Waals surface area contributed by atoms with Crippen molar-refractivity contribution in [2.24, 2.45) is 5.92 Å². The molecule has 0 radical (unpaired) electrons. The number of carbonyl (C=O) groups is 1. The van der Waals surface area contributed by atoms with E-state index in [-0.39, 0.29) is 5.91 Å². The molecule has 8 nitrogen and oxygen atoms in total. The third-order valence-electron chi connectivity index (χ3n) is 5.39. The van der Waals surface area contributed by atoms with Crippen LogP contribution in [0.15, 0.2) is 24.4 Å². The summed E-state index contributed by atoms with van der Waals surface area (Å²) in [4.78, 5) is 18.4. The van der Waals surface area contributed by atoms with Gasteiger partial charge in [0.1, 0.15) is 0 Å². The van der Waals surface area contributed by atoms with E-state index in [4.69, 9.17) is 0 Å². The molecular formula is C20H31N7O. The smallest absolute Gasteiger partial charge is 0.219 e. The molecule has 0 spiro atoms. The summed E-state index contributed by atoms with van der Waals surface area (Å²) >= 11 is 0. The first-order valence-corrected chi connectivity index (χ1v) is 10.2. The van der Waals surface area contributed by atoms with Crippen molar-refractivity contribution in [3.05, 3.63) is 35.9 Å². The number of nitrogens with one attached hydrogen (secondary N) is 1. The Hall–Kier alpha value is -2.35. The second kappa shape index (κ2) is 9.23. The van der Waals surface area contributed by atoms with Crippen LogP contribution in [0.2, 0.25) is 0 Å². The van der Waals surface area contributed by atoms with Crippen molar-refractivity contribution in [3.8, 4) is 0 Å². The first-order chi connectivity index (χ1) is 13.5. The van der Waals surface area contributed by atoms with E-state index >= 15 is 0 Å². The SMILES string of the molecule is CC(=O)N1CCCC(NCCc2ccccn2)(c2nnnn2CCC(C)C)C1. The van der Waals surface area contributed by atoms with Crippen LogP contribution in [0, 0.1) is 5.92 Å². The molecular weight excluding hydrogens is 354 g/mol. The number of amides is 1. The zero-order valence-electron chi connectivity index (χ0n) is 17.1. The van der Waals surface area contributed by atoms with Crippen LogP contribution in [0.25, 0.3) is 0 Å². The fourth-order valence-electron chi connectivity index (χ4n) is 3.78. The van der Waals surface area contributed by atoms with Crippen molar-refractivity contribution in [3.63, 3.8) is 0 Å². The highest BCUT2D eigenvalue weighted by atomic mass is 16.2. The van der Waals surface area contributed by atoms with Crippen LogP contribution in [-0.4, -0.2) is 55.6 Å². The van der Waals surface area contributed by atoms with E-state index in [1.54, 1.807) is 6.92 Å². The molecule has 1 amide bonds. The summed E-state index contributed by atoms with van der Waals surface area (Å²) in [6.07, 6.45) is 5.47. The van der Waals surface area contributed by atoms with Gasteiger partial charge >= 0.3 is 0 Å². The van der Waals surface area contributed by atoms with Gasteiger partial charge < -0.3 is 10.2 Å². The Morgan fingerprint density at radius 2 is 2.21 bits per heavy atom. The maximum Gasteiger partial charge on any atom is 0.219 e. The molecule has 1 atom stereocenters. The molecule has 0 aromatic carbocycles. The largest absolute Gasteiger partial charge is 0.341 e. The van der Waals surface area contributed by atoms with Crippen LogP contribution < -0.4 is 5.32 Å². The molecule has 152 valence electrons. The predicted octanol–water partition coefficient (Wildman–Crippen LogP) is 1.78. The van der Waals surface area contributed by atoms with Crippen LogP contribution in [0.1, 0.15) is 51.6 Å². The lowest BCUT2D eigenvalue weighted by Gasteiger charge is -2.42. The lowest BCUT2D eigenvalue weighted by atomic mass is 9.87. The van der Waals surface area contributed by atoms with Crippen LogP contribution in [0.4, 0.5) is 0 Å². The summed E-state index contributed by atoms with van der Waals surface area (Å²) in [6, 6.07) is 5.96. The summed E-state index contributed by atoms with van der Waals surface area (Å²) in [7, 11) is 0. The highest BCUT2D eigenvalue weighted by molar-refractivity contribution is 5.73. The van der Waals surface area contributed by atoms with Gasteiger partial charge in [-0.1, -0.05) is 19.9 Å². The van der Waals surface area contributed by atoms with E-state index in [2.05, 4.69) is 39.7 Å². The Balaban J connectivity index is 1.80. The van der Waals surface area contributed by atoms with Crippen LogP contribution >= 0.6 is 0 Å². The maximum absolute atomic E-state index is 12.1. The van der Waals surface area contributed by atoms with Gasteiger partial charge in [-0.2, -0.15) is 0 Å². The Morgan fingerprint density at radius 3 is 2.93 bits per heavy atom. The molecule has 8 heteroatoms. The van der Waals surface area contributed by atoms with Gasteiger partial charge in [0.25, 0.3) is 0 Å². The van der Waals surface area contributed by atoms with E-state index in [1.165, 1.54) is 0 Å². The number of tetrazole rings is 1. The molecule has 1 fully saturated rings. The number of carbonyl (C=O) groups excluding carboxylic acids is 1. The molecule has 3 rings (SSSR count). The third-order valence-corrected chi connectivity index (χ3v) is 5.39. The average Bonchev–Trinajstić information content (AvgIpc) is 3.17. The number of hydrogen-bond acceptors (Lipinski definition) is 6. The molecule has 0 saturated carbocycles. The summed E-state index contributed by atoms with van der Waals surface area (Å²) in [5.41, 5.74) is 0.614. The van der Waals surface area contributed by atoms with Gasteiger partial charge in [-0.15, -0.1) is 5.10 Å². The number of aryl methyl sites for hydroxylation is 1. The molecule has 28 heavy (non-hydrogen) atoms. The molecule has 0 aliphatic carbocycles. The molecule has 1 N–H and O–H groups in total. The van der Waals surface area contributed by atoms with E-state index in [1.807, 2.05) is 34.0 Å². The first kappa shape index (κ1) is 20.4. The highest BCUT2D eigenvalue weighted by Crippen LogP contribution is 2.30. The quantitative estimate of drug-likeness (QED) is 0.745. The second-order valence-electron chi connectivity index (χ2n) is 8.03. The molecule has 0 bridgehead atoms. The van der Waals surface area contributed by atoms with Crippen molar-refractivity contribution >= 4 is 5.91 Å². The zero-order chi connectivity index (χ0) is 20.0. The summed E-state index contributed by atoms with van der Waals surface area (Å²) in [5, 5.41) is 16.3. The number of nitrogens with zero attached hydrogens (tertiary/aromatic N) is 6. The minimum absolute atomic E-state index is 0.0943. The Labute approximate surface area is 166 Å². The van der Waals surface area contributed by atoms with Gasteiger partial charge in [-0.3, -0.25) is 9.78 Å². The average molecular weight is 386 g/mol. The lowest BCUT2D eigenvalue weighted by molar-refractivity contribution is -0.131. The topological polar surface area (TPSA) is 88.8 Å². The summed E-state index contributed by atoms with van der Waals surface area (Å²) < 4.78 is 1.91. The monoisotopic (exact) mass is 385 g/mol. The van der Waals surface area contributed by atoms with Crippen molar-refractivity contribution in [2.45, 2.75) is 58.5 Å². The van der Waals surface area contributed by atoms with E-state index in [0.29, 0.717) is 12.5 Å². The Bertz CT molecular complexity index is 761. The Kier molecular flexibility index (Phi) is 6.72. The lowest BCUT2D eigenvalue weighted by Crippen LogP contribution is -2.57.